The fourth-order valence-electron chi connectivity index (χ4n) is 7.78. The quantitative estimate of drug-likeness (QED) is 0.183. The molecule has 246 valence electrons. The zero-order valence-corrected chi connectivity index (χ0v) is 28.8. The molecule has 0 spiro atoms. The molecule has 4 heterocycles. The molecular weight excluding hydrogens is 671 g/mol. The number of fused-ring (bicyclic) bond motifs is 10. The first-order chi connectivity index (χ1) is 26.2. The number of rotatable bonds is 4. The zero-order chi connectivity index (χ0) is 35.0. The Kier molecular flexibility index (Phi) is 6.38. The van der Waals surface area contributed by atoms with Crippen molar-refractivity contribution in [1.82, 2.24) is 19.5 Å². The lowest BCUT2D eigenvalue weighted by Gasteiger charge is -2.14. The summed E-state index contributed by atoms with van der Waals surface area (Å²) in [7, 11) is 0. The van der Waals surface area contributed by atoms with Crippen LogP contribution in [0.3, 0.4) is 0 Å². The second kappa shape index (κ2) is 11.4. The maximum atomic E-state index is 11.0. The maximum absolute atomic E-state index is 11.0. The minimum atomic E-state index is 0.409. The molecule has 0 atom stereocenters. The van der Waals surface area contributed by atoms with E-state index in [1.54, 1.807) is 0 Å². The second-order valence-electron chi connectivity index (χ2n) is 13.1. The van der Waals surface area contributed by atoms with Gasteiger partial charge in [0.1, 0.15) is 5.58 Å². The van der Waals surface area contributed by atoms with E-state index < -0.39 is 0 Å². The average molecular weight is 696 g/mol. The van der Waals surface area contributed by atoms with Crippen LogP contribution in [0.4, 0.5) is 0 Å². The van der Waals surface area contributed by atoms with Crippen LogP contribution in [-0.2, 0) is 0 Å². The third-order valence-corrected chi connectivity index (χ3v) is 11.3. The number of para-hydroxylation sites is 2. The van der Waals surface area contributed by atoms with Gasteiger partial charge in [-0.05, 0) is 30.3 Å². The summed E-state index contributed by atoms with van der Waals surface area (Å²) in [4.78, 5) is 15.1. The first kappa shape index (κ1) is 29.6. The molecule has 0 bridgehead atoms. The molecule has 53 heavy (non-hydrogen) atoms. The number of thiophene rings is 1. The van der Waals surface area contributed by atoms with E-state index in [0.717, 1.165) is 44.0 Å². The van der Waals surface area contributed by atoms with Crippen molar-refractivity contribution >= 4 is 75.3 Å². The van der Waals surface area contributed by atoms with Gasteiger partial charge in [0, 0.05) is 58.4 Å². The van der Waals surface area contributed by atoms with E-state index in [1.807, 2.05) is 102 Å². The molecule has 7 aromatic carbocycles. The number of nitrogens with zero attached hydrogens (tertiary/aromatic N) is 5. The molecule has 0 amide bonds. The van der Waals surface area contributed by atoms with Crippen molar-refractivity contribution in [1.29, 1.82) is 5.26 Å². The van der Waals surface area contributed by atoms with Gasteiger partial charge in [0.25, 0.3) is 0 Å². The Labute approximate surface area is 306 Å². The summed E-state index contributed by atoms with van der Waals surface area (Å²) in [5.41, 5.74) is 6.99. The third kappa shape index (κ3) is 4.40. The van der Waals surface area contributed by atoms with Crippen molar-refractivity contribution in [3.8, 4) is 45.9 Å². The fourth-order valence-corrected chi connectivity index (χ4v) is 9.04. The Morgan fingerprint density at radius 2 is 1.17 bits per heavy atom. The van der Waals surface area contributed by atoms with Gasteiger partial charge in [0.05, 0.1) is 28.4 Å². The standard InChI is InChI=1S/C46H25N5OS/c47-26-29-25-36(51-34-20-10-7-18-32(34)40-35(51)24-23-31-30-17-9-12-22-38(30)53-43(31)40)42-41(33-19-8-11-21-37(33)52-42)39(29)46-49-44(27-13-3-1-4-14-27)48-45(50-46)28-15-5-2-6-16-28/h1-25H. The first-order valence-corrected chi connectivity index (χ1v) is 18.2. The summed E-state index contributed by atoms with van der Waals surface area (Å²) in [6.07, 6.45) is 0. The molecule has 0 unspecified atom stereocenters. The summed E-state index contributed by atoms with van der Waals surface area (Å²) in [6.45, 7) is 0. The van der Waals surface area contributed by atoms with E-state index in [-0.39, 0.29) is 0 Å². The van der Waals surface area contributed by atoms with Crippen LogP contribution < -0.4 is 0 Å². The van der Waals surface area contributed by atoms with Gasteiger partial charge in [-0.2, -0.15) is 5.26 Å². The van der Waals surface area contributed by atoms with Crippen molar-refractivity contribution in [2.45, 2.75) is 0 Å². The maximum Gasteiger partial charge on any atom is 0.166 e. The van der Waals surface area contributed by atoms with Gasteiger partial charge in [-0.15, -0.1) is 11.3 Å². The Balaban J connectivity index is 1.27. The van der Waals surface area contributed by atoms with E-state index in [2.05, 4.69) is 71.3 Å². The van der Waals surface area contributed by atoms with Crippen molar-refractivity contribution in [2.75, 3.05) is 0 Å². The molecule has 0 aliphatic heterocycles. The molecule has 0 saturated carbocycles. The molecule has 6 nitrogen and oxygen atoms in total. The molecular formula is C46H25N5OS. The van der Waals surface area contributed by atoms with E-state index in [0.29, 0.717) is 39.8 Å². The van der Waals surface area contributed by atoms with Gasteiger partial charge in [0.2, 0.25) is 0 Å². The van der Waals surface area contributed by atoms with Gasteiger partial charge >= 0.3 is 0 Å². The Hall–Kier alpha value is -7.14. The van der Waals surface area contributed by atoms with Gasteiger partial charge in [-0.3, -0.25) is 0 Å². The Morgan fingerprint density at radius 3 is 1.91 bits per heavy atom. The van der Waals surface area contributed by atoms with E-state index >= 15 is 0 Å². The van der Waals surface area contributed by atoms with E-state index in [1.165, 1.54) is 25.6 Å². The number of nitriles is 1. The third-order valence-electron chi connectivity index (χ3n) is 10.1. The molecule has 0 aliphatic rings. The number of hydrogen-bond acceptors (Lipinski definition) is 6. The lowest BCUT2D eigenvalue weighted by molar-refractivity contribution is 0.666. The highest BCUT2D eigenvalue weighted by molar-refractivity contribution is 7.26. The highest BCUT2D eigenvalue weighted by atomic mass is 32.1. The number of benzene rings is 7. The fraction of sp³-hybridized carbons (Fsp3) is 0. The molecule has 0 saturated heterocycles. The molecule has 11 rings (SSSR count). The largest absolute Gasteiger partial charge is 0.454 e. The van der Waals surface area contributed by atoms with Crippen molar-refractivity contribution in [3.05, 3.63) is 157 Å². The Bertz CT molecular complexity index is 3240. The van der Waals surface area contributed by atoms with Gasteiger partial charge in [-0.25, -0.2) is 15.0 Å². The van der Waals surface area contributed by atoms with E-state index in [4.69, 9.17) is 19.4 Å². The summed E-state index contributed by atoms with van der Waals surface area (Å²) in [6, 6.07) is 53.7. The second-order valence-corrected chi connectivity index (χ2v) is 14.1. The average Bonchev–Trinajstić information content (AvgIpc) is 3.91. The summed E-state index contributed by atoms with van der Waals surface area (Å²) in [5, 5.41) is 17.5. The normalized spacial score (nSPS) is 11.8. The lowest BCUT2D eigenvalue weighted by Crippen LogP contribution is -2.03. The van der Waals surface area contributed by atoms with Crippen LogP contribution in [0, 0.1) is 11.3 Å². The van der Waals surface area contributed by atoms with Crippen LogP contribution in [0.1, 0.15) is 5.56 Å². The SMILES string of the molecule is N#Cc1cc(-n2c3ccccc3c3c4sc5ccccc5c4ccc32)c2oc3ccccc3c2c1-c1nc(-c2ccccc2)nc(-c2ccccc2)n1. The highest BCUT2D eigenvalue weighted by Crippen LogP contribution is 2.46. The zero-order valence-electron chi connectivity index (χ0n) is 28.0. The molecule has 0 N–H and O–H groups in total. The number of furan rings is 1. The van der Waals surface area contributed by atoms with Crippen LogP contribution in [0.15, 0.2) is 156 Å². The highest BCUT2D eigenvalue weighted by Gasteiger charge is 2.26. The molecule has 0 fully saturated rings. The molecule has 7 heteroatoms. The summed E-state index contributed by atoms with van der Waals surface area (Å²) < 4.78 is 11.6. The van der Waals surface area contributed by atoms with Gasteiger partial charge < -0.3 is 8.98 Å². The van der Waals surface area contributed by atoms with Gasteiger partial charge in [0.15, 0.2) is 23.1 Å². The monoisotopic (exact) mass is 695 g/mol. The molecule has 4 aromatic heterocycles. The number of hydrogen-bond donors (Lipinski definition) is 0. The first-order valence-electron chi connectivity index (χ1n) is 17.3. The smallest absolute Gasteiger partial charge is 0.166 e. The molecule has 0 radical (unpaired) electrons. The molecule has 0 aliphatic carbocycles. The van der Waals surface area contributed by atoms with Crippen LogP contribution in [0.25, 0.3) is 104 Å². The summed E-state index contributed by atoms with van der Waals surface area (Å²) >= 11 is 1.82. The van der Waals surface area contributed by atoms with Gasteiger partial charge in [-0.1, -0.05) is 121 Å². The van der Waals surface area contributed by atoms with Crippen LogP contribution in [0.2, 0.25) is 0 Å². The van der Waals surface area contributed by atoms with Crippen LogP contribution in [0.5, 0.6) is 0 Å². The number of aromatic nitrogens is 4. The van der Waals surface area contributed by atoms with Crippen molar-refractivity contribution in [3.63, 3.8) is 0 Å². The van der Waals surface area contributed by atoms with Crippen molar-refractivity contribution < 1.29 is 4.42 Å². The predicted octanol–water partition coefficient (Wildman–Crippen LogP) is 12.1. The van der Waals surface area contributed by atoms with Crippen LogP contribution in [-0.4, -0.2) is 19.5 Å². The lowest BCUT2D eigenvalue weighted by atomic mass is 9.98. The van der Waals surface area contributed by atoms with E-state index in [9.17, 15) is 5.26 Å². The van der Waals surface area contributed by atoms with Crippen molar-refractivity contribution in [2.24, 2.45) is 0 Å². The minimum Gasteiger partial charge on any atom is -0.454 e. The molecule has 11 aromatic rings. The minimum absolute atomic E-state index is 0.409. The van der Waals surface area contributed by atoms with Crippen LogP contribution >= 0.6 is 11.3 Å². The Morgan fingerprint density at radius 1 is 0.547 bits per heavy atom. The topological polar surface area (TPSA) is 80.5 Å². The predicted molar refractivity (Wildman–Crippen MR) is 215 cm³/mol. The summed E-state index contributed by atoms with van der Waals surface area (Å²) in [5.74, 6) is 1.46.